The zero-order chi connectivity index (χ0) is 27.0. The lowest BCUT2D eigenvalue weighted by Gasteiger charge is -2.34. The second kappa shape index (κ2) is 12.7. The molecule has 2 aliphatic rings. The summed E-state index contributed by atoms with van der Waals surface area (Å²) >= 11 is 0. The third kappa shape index (κ3) is 7.08. The van der Waals surface area contributed by atoms with Crippen LogP contribution in [0.15, 0.2) is 72.9 Å². The average molecular weight is 523 g/mol. The number of carbonyl (C=O) groups excluding carboxylic acids is 2. The number of nitrogens with zero attached hydrogens (tertiary/aromatic N) is 5. The van der Waals surface area contributed by atoms with Gasteiger partial charge in [-0.1, -0.05) is 42.5 Å². The fraction of sp³-hybridized carbons (Fsp3) is 0.355. The molecule has 0 bridgehead atoms. The van der Waals surface area contributed by atoms with Gasteiger partial charge in [0.2, 0.25) is 0 Å². The Morgan fingerprint density at radius 3 is 2.08 bits per heavy atom. The van der Waals surface area contributed by atoms with Crippen molar-refractivity contribution in [2.45, 2.75) is 32.0 Å². The molecule has 2 aliphatic heterocycles. The summed E-state index contributed by atoms with van der Waals surface area (Å²) in [4.78, 5) is 36.7. The lowest BCUT2D eigenvalue weighted by molar-refractivity contribution is 0.0627. The van der Waals surface area contributed by atoms with Crippen LogP contribution in [-0.2, 0) is 13.1 Å². The Bertz CT molecular complexity index is 1290. The maximum atomic E-state index is 13.0. The summed E-state index contributed by atoms with van der Waals surface area (Å²) in [5.41, 5.74) is 3.98. The van der Waals surface area contributed by atoms with E-state index < -0.39 is 0 Å². The van der Waals surface area contributed by atoms with Crippen LogP contribution >= 0.6 is 0 Å². The summed E-state index contributed by atoms with van der Waals surface area (Å²) < 4.78 is 0. The number of nitriles is 1. The Morgan fingerprint density at radius 2 is 1.46 bits per heavy atom. The van der Waals surface area contributed by atoms with E-state index in [1.165, 1.54) is 17.3 Å². The molecule has 2 amide bonds. The van der Waals surface area contributed by atoms with Gasteiger partial charge in [0.25, 0.3) is 11.8 Å². The van der Waals surface area contributed by atoms with Gasteiger partial charge in [0.1, 0.15) is 5.69 Å². The van der Waals surface area contributed by atoms with Crippen LogP contribution in [0.2, 0.25) is 0 Å². The largest absolute Gasteiger partial charge is 0.348 e. The number of rotatable bonds is 7. The van der Waals surface area contributed by atoms with Crippen molar-refractivity contribution in [2.75, 3.05) is 39.3 Å². The molecule has 39 heavy (non-hydrogen) atoms. The van der Waals surface area contributed by atoms with Crippen molar-refractivity contribution in [3.63, 3.8) is 0 Å². The molecule has 0 atom stereocenters. The molecular weight excluding hydrogens is 488 g/mol. The predicted molar refractivity (Wildman–Crippen MR) is 149 cm³/mol. The summed E-state index contributed by atoms with van der Waals surface area (Å²) in [5, 5.41) is 12.1. The lowest BCUT2D eigenvalue weighted by Crippen LogP contribution is -2.48. The van der Waals surface area contributed by atoms with E-state index in [1.54, 1.807) is 12.1 Å². The maximum Gasteiger partial charge on any atom is 0.270 e. The molecule has 1 N–H and O–H groups in total. The molecule has 3 heterocycles. The van der Waals surface area contributed by atoms with Gasteiger partial charge in [-0.15, -0.1) is 0 Å². The number of hydrogen-bond acceptors (Lipinski definition) is 6. The highest BCUT2D eigenvalue weighted by atomic mass is 16.2. The van der Waals surface area contributed by atoms with Gasteiger partial charge in [0, 0.05) is 64.6 Å². The zero-order valence-corrected chi connectivity index (χ0v) is 22.1. The number of likely N-dealkylation sites (tertiary alicyclic amines) is 1. The number of benzene rings is 2. The van der Waals surface area contributed by atoms with Gasteiger partial charge >= 0.3 is 0 Å². The summed E-state index contributed by atoms with van der Waals surface area (Å²) in [5.74, 6) is -0.238. The smallest absolute Gasteiger partial charge is 0.270 e. The number of amides is 2. The number of piperazine rings is 1. The normalized spacial score (nSPS) is 16.9. The Hall–Kier alpha value is -4.06. The first kappa shape index (κ1) is 26.5. The monoisotopic (exact) mass is 522 g/mol. The molecule has 200 valence electrons. The van der Waals surface area contributed by atoms with E-state index in [1.807, 2.05) is 35.2 Å². The van der Waals surface area contributed by atoms with E-state index in [2.05, 4.69) is 50.4 Å². The van der Waals surface area contributed by atoms with Crippen LogP contribution in [-0.4, -0.2) is 76.8 Å². The molecule has 2 aromatic carbocycles. The number of carbonyl (C=O) groups is 2. The highest BCUT2D eigenvalue weighted by Crippen LogP contribution is 2.16. The molecule has 8 nitrogen and oxygen atoms in total. The maximum absolute atomic E-state index is 13.0. The van der Waals surface area contributed by atoms with Crippen molar-refractivity contribution in [1.29, 1.82) is 5.26 Å². The first-order valence-corrected chi connectivity index (χ1v) is 13.6. The van der Waals surface area contributed by atoms with Crippen molar-refractivity contribution in [3.05, 3.63) is 101 Å². The number of pyridine rings is 1. The quantitative estimate of drug-likeness (QED) is 0.512. The van der Waals surface area contributed by atoms with Crippen LogP contribution in [0.1, 0.15) is 50.4 Å². The SMILES string of the molecule is N#Cc1ccc(CN2CCC(NC(=O)c3ccc(C(=O)N4CCN(Cc5ccccc5)CC4)cn3)CC2)cc1. The molecule has 0 radical (unpaired) electrons. The molecule has 0 spiro atoms. The minimum absolute atomic E-state index is 0.0385. The number of hydrogen-bond donors (Lipinski definition) is 1. The van der Waals surface area contributed by atoms with Crippen LogP contribution < -0.4 is 5.32 Å². The van der Waals surface area contributed by atoms with E-state index in [0.717, 1.165) is 52.1 Å². The second-order valence-corrected chi connectivity index (χ2v) is 10.3. The van der Waals surface area contributed by atoms with Gasteiger partial charge in [-0.05, 0) is 48.2 Å². The average Bonchev–Trinajstić information content (AvgIpc) is 2.99. The Labute approximate surface area is 229 Å². The predicted octanol–water partition coefficient (Wildman–Crippen LogP) is 3.31. The number of aromatic nitrogens is 1. The van der Waals surface area contributed by atoms with Crippen LogP contribution in [0.4, 0.5) is 0 Å². The Balaban J connectivity index is 1.05. The summed E-state index contributed by atoms with van der Waals surface area (Å²) in [6.45, 7) is 6.54. The van der Waals surface area contributed by atoms with Gasteiger partial charge in [-0.25, -0.2) is 0 Å². The molecule has 2 saturated heterocycles. The fourth-order valence-electron chi connectivity index (χ4n) is 5.23. The molecule has 1 aromatic heterocycles. The van der Waals surface area contributed by atoms with Crippen LogP contribution in [0.3, 0.4) is 0 Å². The second-order valence-electron chi connectivity index (χ2n) is 10.3. The third-order valence-corrected chi connectivity index (χ3v) is 7.56. The molecule has 2 fully saturated rings. The number of nitrogens with one attached hydrogen (secondary N) is 1. The zero-order valence-electron chi connectivity index (χ0n) is 22.1. The highest BCUT2D eigenvalue weighted by molar-refractivity contribution is 5.96. The van der Waals surface area contributed by atoms with Gasteiger partial charge < -0.3 is 10.2 Å². The Kier molecular flexibility index (Phi) is 8.61. The third-order valence-electron chi connectivity index (χ3n) is 7.56. The van der Waals surface area contributed by atoms with E-state index in [9.17, 15) is 9.59 Å². The first-order chi connectivity index (χ1) is 19.1. The van der Waals surface area contributed by atoms with Crippen molar-refractivity contribution in [2.24, 2.45) is 0 Å². The minimum Gasteiger partial charge on any atom is -0.348 e. The van der Waals surface area contributed by atoms with Crippen LogP contribution in [0.25, 0.3) is 0 Å². The van der Waals surface area contributed by atoms with Crippen molar-refractivity contribution >= 4 is 11.8 Å². The molecule has 0 aliphatic carbocycles. The van der Waals surface area contributed by atoms with Crippen molar-refractivity contribution < 1.29 is 9.59 Å². The molecule has 0 unspecified atom stereocenters. The van der Waals surface area contributed by atoms with E-state index in [-0.39, 0.29) is 17.9 Å². The number of piperidine rings is 1. The van der Waals surface area contributed by atoms with Gasteiger partial charge in [-0.2, -0.15) is 5.26 Å². The summed E-state index contributed by atoms with van der Waals surface area (Å²) in [6, 6.07) is 23.7. The standard InChI is InChI=1S/C31H34N6O2/c32-20-24-6-8-26(9-7-24)23-35-14-12-28(13-15-35)34-30(38)29-11-10-27(21-33-29)31(39)37-18-16-36(17-19-37)22-25-4-2-1-3-5-25/h1-11,21,28H,12-19,22-23H2,(H,34,38). The van der Waals surface area contributed by atoms with Crippen LogP contribution in [0.5, 0.6) is 0 Å². The van der Waals surface area contributed by atoms with Gasteiger partial charge in [0.05, 0.1) is 17.2 Å². The first-order valence-electron chi connectivity index (χ1n) is 13.6. The molecule has 0 saturated carbocycles. The molecular formula is C31H34N6O2. The topological polar surface area (TPSA) is 92.6 Å². The van der Waals surface area contributed by atoms with E-state index in [4.69, 9.17) is 5.26 Å². The van der Waals surface area contributed by atoms with Crippen molar-refractivity contribution in [3.8, 4) is 6.07 Å². The van der Waals surface area contributed by atoms with Crippen LogP contribution in [0, 0.1) is 11.3 Å². The summed E-state index contributed by atoms with van der Waals surface area (Å²) in [6.07, 6.45) is 3.26. The fourth-order valence-corrected chi connectivity index (χ4v) is 5.23. The molecule has 3 aromatic rings. The van der Waals surface area contributed by atoms with E-state index >= 15 is 0 Å². The van der Waals surface area contributed by atoms with Gasteiger partial charge in [-0.3, -0.25) is 24.4 Å². The van der Waals surface area contributed by atoms with Crippen molar-refractivity contribution in [1.82, 2.24) is 25.0 Å². The van der Waals surface area contributed by atoms with E-state index in [0.29, 0.717) is 29.9 Å². The Morgan fingerprint density at radius 1 is 0.821 bits per heavy atom. The summed E-state index contributed by atoms with van der Waals surface area (Å²) in [7, 11) is 0. The molecule has 5 rings (SSSR count). The minimum atomic E-state index is -0.200. The highest BCUT2D eigenvalue weighted by Gasteiger charge is 2.24. The molecule has 8 heteroatoms. The van der Waals surface area contributed by atoms with Gasteiger partial charge in [0.15, 0.2) is 0 Å². The lowest BCUT2D eigenvalue weighted by atomic mass is 10.0.